The largest absolute Gasteiger partial charge is 0.323 e. The lowest BCUT2D eigenvalue weighted by atomic mass is 10.0. The maximum Gasteiger partial charge on any atom is 0.258 e. The average molecular weight is 742 g/mol. The zero-order valence-corrected chi connectivity index (χ0v) is 31.6. The van der Waals surface area contributed by atoms with Crippen LogP contribution in [0.1, 0.15) is 63.8 Å². The number of amides is 2. The second-order valence-corrected chi connectivity index (χ2v) is 12.9. The Morgan fingerprint density at radius 1 is 0.615 bits per heavy atom. The van der Waals surface area contributed by atoms with Gasteiger partial charge in [-0.25, -0.2) is 0 Å². The number of aryl methyl sites for hydroxylation is 2. The van der Waals surface area contributed by atoms with E-state index in [1.807, 2.05) is 58.0 Å². The quantitative estimate of drug-likeness (QED) is 0.0924. The van der Waals surface area contributed by atoms with E-state index >= 15 is 0 Å². The molecule has 0 aromatic heterocycles. The van der Waals surface area contributed by atoms with Crippen molar-refractivity contribution in [2.45, 2.75) is 79.3 Å². The number of rotatable bonds is 15. The number of benzene rings is 4. The first-order chi connectivity index (χ1) is 24.9. The summed E-state index contributed by atoms with van der Waals surface area (Å²) in [6, 6.07) is 18.6. The van der Waals surface area contributed by atoms with Gasteiger partial charge >= 0.3 is 0 Å². The number of nitrogens with zero attached hydrogens (tertiary/aromatic N) is 4. The van der Waals surface area contributed by atoms with E-state index in [0.29, 0.717) is 39.6 Å². The van der Waals surface area contributed by atoms with Crippen molar-refractivity contribution in [2.75, 3.05) is 10.6 Å². The Balaban J connectivity index is 1.49. The molecule has 0 heterocycles. The van der Waals surface area contributed by atoms with Crippen LogP contribution < -0.4 is 10.6 Å². The lowest BCUT2D eigenvalue weighted by Gasteiger charge is -2.15. The van der Waals surface area contributed by atoms with Gasteiger partial charge in [-0.2, -0.15) is 20.5 Å². The molecule has 2 atom stereocenters. The van der Waals surface area contributed by atoms with E-state index in [1.54, 1.807) is 36.4 Å². The number of azo groups is 2. The summed E-state index contributed by atoms with van der Waals surface area (Å²) in [7, 11) is 0. The van der Waals surface area contributed by atoms with Crippen LogP contribution >= 0.6 is 23.2 Å². The summed E-state index contributed by atoms with van der Waals surface area (Å²) in [6.45, 7) is 10.7. The van der Waals surface area contributed by atoms with E-state index in [2.05, 4.69) is 31.1 Å². The average Bonchev–Trinajstić information content (AvgIpc) is 3.12. The zero-order chi connectivity index (χ0) is 37.9. The molecule has 2 amide bonds. The minimum atomic E-state index is -1.39. The number of nitrogens with one attached hydrogen (secondary N) is 2. The predicted octanol–water partition coefficient (Wildman–Crippen LogP) is 10.3. The molecule has 4 aromatic carbocycles. The van der Waals surface area contributed by atoms with Crippen LogP contribution in [0.2, 0.25) is 10.0 Å². The van der Waals surface area contributed by atoms with Crippen molar-refractivity contribution in [2.24, 2.45) is 20.5 Å². The van der Waals surface area contributed by atoms with Gasteiger partial charge in [-0.05, 0) is 104 Å². The van der Waals surface area contributed by atoms with Crippen LogP contribution in [-0.4, -0.2) is 35.5 Å². The molecular formula is C40H42Cl2N6O4. The van der Waals surface area contributed by atoms with Crippen LogP contribution in [0.5, 0.6) is 0 Å². The normalized spacial score (nSPS) is 12.5. The molecule has 0 aliphatic carbocycles. The Kier molecular flexibility index (Phi) is 14.1. The molecule has 0 spiro atoms. The SMILES string of the molecule is CCc1cccc(NC(=O)C(N=Nc2ccc(-c3cc(Cl)c(N=NC(C(C)=O)C(=O)Nc4cccc(CC)c4CC)cc3Cl)cc2)C(C)=O)c1CC. The van der Waals surface area contributed by atoms with Crippen molar-refractivity contribution in [1.29, 1.82) is 0 Å². The van der Waals surface area contributed by atoms with Gasteiger partial charge in [0.05, 0.1) is 15.7 Å². The molecular weight excluding hydrogens is 699 g/mol. The molecule has 10 nitrogen and oxygen atoms in total. The van der Waals surface area contributed by atoms with Crippen molar-refractivity contribution in [3.63, 3.8) is 0 Å². The third-order valence-electron chi connectivity index (χ3n) is 8.58. The maximum atomic E-state index is 13.1. The number of carbonyl (C=O) groups is 4. The Bertz CT molecular complexity index is 2030. The topological polar surface area (TPSA) is 142 Å². The van der Waals surface area contributed by atoms with Crippen molar-refractivity contribution >= 4 is 69.3 Å². The molecule has 4 aromatic rings. The number of anilines is 2. The van der Waals surface area contributed by atoms with Crippen LogP contribution in [0.25, 0.3) is 11.1 Å². The highest BCUT2D eigenvalue weighted by Gasteiger charge is 2.26. The highest BCUT2D eigenvalue weighted by molar-refractivity contribution is 6.37. The molecule has 2 unspecified atom stereocenters. The fourth-order valence-electron chi connectivity index (χ4n) is 5.83. The number of carbonyl (C=O) groups excluding carboxylic acids is 4. The van der Waals surface area contributed by atoms with Crippen molar-refractivity contribution in [3.8, 4) is 11.1 Å². The van der Waals surface area contributed by atoms with E-state index in [1.165, 1.54) is 19.9 Å². The zero-order valence-electron chi connectivity index (χ0n) is 30.1. The van der Waals surface area contributed by atoms with Crippen LogP contribution in [0, 0.1) is 0 Å². The van der Waals surface area contributed by atoms with E-state index in [0.717, 1.165) is 41.5 Å². The second-order valence-electron chi connectivity index (χ2n) is 12.1. The van der Waals surface area contributed by atoms with Gasteiger partial charge in [-0.15, -0.1) is 0 Å². The standard InChI is InChI=1S/C40H42Cl2N6O4/c1-7-25-13-11-15-34(29(25)9-3)43-39(51)37(23(5)49)47-45-28-19-17-27(18-20-28)31-21-33(42)36(22-32(31)41)46-48-38(24(6)50)40(52)44-35-16-12-14-26(8-2)30(35)10-4/h11-22,37-38H,7-10H2,1-6H3,(H,43,51)(H,44,52). The second kappa shape index (κ2) is 18.4. The van der Waals surface area contributed by atoms with Gasteiger partial charge in [0.25, 0.3) is 11.8 Å². The molecule has 0 radical (unpaired) electrons. The Labute approximate surface area is 314 Å². The lowest BCUT2D eigenvalue weighted by molar-refractivity contribution is -0.127. The number of hydrogen-bond donors (Lipinski definition) is 2. The number of Topliss-reactive ketones (excluding diaryl/α,β-unsaturated/α-hetero) is 2. The Morgan fingerprint density at radius 2 is 1.10 bits per heavy atom. The Morgan fingerprint density at radius 3 is 1.54 bits per heavy atom. The van der Waals surface area contributed by atoms with E-state index < -0.39 is 35.5 Å². The lowest BCUT2D eigenvalue weighted by Crippen LogP contribution is -2.32. The molecule has 0 aliphatic heterocycles. The summed E-state index contributed by atoms with van der Waals surface area (Å²) >= 11 is 13.2. The van der Waals surface area contributed by atoms with Crippen LogP contribution in [-0.2, 0) is 44.9 Å². The van der Waals surface area contributed by atoms with Crippen molar-refractivity contribution in [3.05, 3.63) is 105 Å². The molecule has 4 rings (SSSR count). The van der Waals surface area contributed by atoms with Gasteiger partial charge in [0, 0.05) is 16.9 Å². The minimum absolute atomic E-state index is 0.183. The summed E-state index contributed by atoms with van der Waals surface area (Å²) < 4.78 is 0. The molecule has 2 N–H and O–H groups in total. The first-order valence-electron chi connectivity index (χ1n) is 17.2. The van der Waals surface area contributed by atoms with E-state index in [-0.39, 0.29) is 10.7 Å². The minimum Gasteiger partial charge on any atom is -0.323 e. The highest BCUT2D eigenvalue weighted by Crippen LogP contribution is 2.38. The molecule has 12 heteroatoms. The molecule has 270 valence electrons. The summed E-state index contributed by atoms with van der Waals surface area (Å²) in [5.41, 5.74) is 7.43. The van der Waals surface area contributed by atoms with Crippen molar-refractivity contribution < 1.29 is 19.2 Å². The predicted molar refractivity (Wildman–Crippen MR) is 208 cm³/mol. The molecule has 52 heavy (non-hydrogen) atoms. The molecule has 0 bridgehead atoms. The third-order valence-corrected chi connectivity index (χ3v) is 9.20. The van der Waals surface area contributed by atoms with Gasteiger partial charge in [0.15, 0.2) is 11.6 Å². The monoisotopic (exact) mass is 740 g/mol. The third kappa shape index (κ3) is 9.63. The van der Waals surface area contributed by atoms with Crippen LogP contribution in [0.4, 0.5) is 22.7 Å². The fourth-order valence-corrected chi connectivity index (χ4v) is 6.29. The summed E-state index contributed by atoms with van der Waals surface area (Å²) in [5.74, 6) is -2.08. The van der Waals surface area contributed by atoms with Crippen LogP contribution in [0.3, 0.4) is 0 Å². The van der Waals surface area contributed by atoms with Gasteiger partial charge in [-0.1, -0.05) is 87.3 Å². The van der Waals surface area contributed by atoms with Gasteiger partial charge in [-0.3, -0.25) is 19.2 Å². The summed E-state index contributed by atoms with van der Waals surface area (Å²) in [6.07, 6.45) is 3.08. The molecule has 0 saturated carbocycles. The number of hydrogen-bond acceptors (Lipinski definition) is 8. The fraction of sp³-hybridized carbons (Fsp3) is 0.300. The van der Waals surface area contributed by atoms with Gasteiger partial charge in [0.1, 0.15) is 5.69 Å². The van der Waals surface area contributed by atoms with Gasteiger partial charge < -0.3 is 10.6 Å². The van der Waals surface area contributed by atoms with E-state index in [4.69, 9.17) is 23.2 Å². The number of halogens is 2. The van der Waals surface area contributed by atoms with Crippen LogP contribution in [0.15, 0.2) is 93.3 Å². The Hall–Kier alpha value is -5.06. The smallest absolute Gasteiger partial charge is 0.258 e. The van der Waals surface area contributed by atoms with Crippen molar-refractivity contribution in [1.82, 2.24) is 0 Å². The molecule has 0 fully saturated rings. The van der Waals surface area contributed by atoms with Gasteiger partial charge in [0.2, 0.25) is 12.1 Å². The summed E-state index contributed by atoms with van der Waals surface area (Å²) in [5, 5.41) is 22.6. The molecule has 0 saturated heterocycles. The maximum absolute atomic E-state index is 13.1. The highest BCUT2D eigenvalue weighted by atomic mass is 35.5. The van der Waals surface area contributed by atoms with E-state index in [9.17, 15) is 19.2 Å². The first kappa shape index (κ1) is 39.7. The number of ketones is 2. The first-order valence-corrected chi connectivity index (χ1v) is 17.9. The summed E-state index contributed by atoms with van der Waals surface area (Å²) in [4.78, 5) is 51.0. The molecule has 0 aliphatic rings.